The number of carbonyl (C=O) groups is 1. The molecule has 0 saturated carbocycles. The standard InChI is InChI=1S/C11H9N2OS.Na/c1-8(14)12-11-13-10(7-15-11)9-5-3-2-4-6-9;/h2-7H,1H2,(H,12,13,14);/q-1;+1. The van der Waals surface area contributed by atoms with Crippen LogP contribution in [0.25, 0.3) is 11.3 Å². The molecule has 0 aliphatic heterocycles. The second-order valence-corrected chi connectivity index (χ2v) is 3.81. The fourth-order valence-electron chi connectivity index (χ4n) is 1.19. The fourth-order valence-corrected chi connectivity index (χ4v) is 1.93. The van der Waals surface area contributed by atoms with E-state index in [2.05, 4.69) is 17.2 Å². The van der Waals surface area contributed by atoms with Crippen LogP contribution in [0.15, 0.2) is 35.7 Å². The monoisotopic (exact) mass is 240 g/mol. The van der Waals surface area contributed by atoms with E-state index in [1.54, 1.807) is 0 Å². The Balaban J connectivity index is 0.00000128. The molecule has 2 aromatic rings. The van der Waals surface area contributed by atoms with E-state index in [1.807, 2.05) is 35.7 Å². The van der Waals surface area contributed by atoms with E-state index in [9.17, 15) is 4.79 Å². The molecule has 0 unspecified atom stereocenters. The smallest absolute Gasteiger partial charge is 0.327 e. The number of nitrogens with zero attached hydrogens (tertiary/aromatic N) is 1. The number of amides is 1. The third kappa shape index (κ3) is 3.35. The molecule has 5 heteroatoms. The molecule has 0 bridgehead atoms. The van der Waals surface area contributed by atoms with Crippen LogP contribution >= 0.6 is 11.3 Å². The summed E-state index contributed by atoms with van der Waals surface area (Å²) in [6, 6.07) is 9.81. The maximum absolute atomic E-state index is 10.7. The normalized spacial score (nSPS) is 9.25. The van der Waals surface area contributed by atoms with Crippen molar-refractivity contribution < 1.29 is 34.4 Å². The summed E-state index contributed by atoms with van der Waals surface area (Å²) in [6.45, 7) is 3.23. The molecule has 2 rings (SSSR count). The molecule has 1 aromatic carbocycles. The van der Waals surface area contributed by atoms with Crippen molar-refractivity contribution >= 4 is 22.4 Å². The van der Waals surface area contributed by atoms with Crippen molar-refractivity contribution in [1.82, 2.24) is 4.98 Å². The maximum atomic E-state index is 10.7. The molecule has 0 fully saturated rings. The van der Waals surface area contributed by atoms with Crippen molar-refractivity contribution in [2.45, 2.75) is 0 Å². The van der Waals surface area contributed by atoms with E-state index in [0.717, 1.165) is 11.3 Å². The summed E-state index contributed by atoms with van der Waals surface area (Å²) in [5, 5.41) is 5.03. The molecule has 1 N–H and O–H groups in total. The van der Waals surface area contributed by atoms with Crippen LogP contribution in [0, 0.1) is 6.92 Å². The third-order valence-electron chi connectivity index (χ3n) is 1.82. The number of hydrogen-bond acceptors (Lipinski definition) is 3. The van der Waals surface area contributed by atoms with E-state index in [4.69, 9.17) is 0 Å². The Morgan fingerprint density at radius 2 is 2.00 bits per heavy atom. The van der Waals surface area contributed by atoms with Gasteiger partial charge in [-0.1, -0.05) is 30.3 Å². The molecule has 0 aliphatic carbocycles. The minimum atomic E-state index is -0.344. The van der Waals surface area contributed by atoms with Crippen LogP contribution in [-0.2, 0) is 4.79 Å². The average molecular weight is 240 g/mol. The van der Waals surface area contributed by atoms with Gasteiger partial charge in [-0.15, -0.1) is 11.3 Å². The van der Waals surface area contributed by atoms with Crippen LogP contribution in [-0.4, -0.2) is 10.9 Å². The Morgan fingerprint density at radius 1 is 1.31 bits per heavy atom. The molecule has 0 radical (unpaired) electrons. The van der Waals surface area contributed by atoms with Gasteiger partial charge in [0.2, 0.25) is 0 Å². The van der Waals surface area contributed by atoms with Crippen LogP contribution in [0.2, 0.25) is 0 Å². The van der Waals surface area contributed by atoms with Crippen LogP contribution in [0.1, 0.15) is 0 Å². The van der Waals surface area contributed by atoms with E-state index < -0.39 is 0 Å². The first-order valence-corrected chi connectivity index (χ1v) is 5.27. The first-order chi connectivity index (χ1) is 7.25. The number of anilines is 1. The van der Waals surface area contributed by atoms with Crippen LogP contribution in [0.5, 0.6) is 0 Å². The fraction of sp³-hybridized carbons (Fsp3) is 0. The Hall–Kier alpha value is -0.810. The first kappa shape index (κ1) is 13.3. The van der Waals surface area contributed by atoms with Gasteiger partial charge in [-0.2, -0.15) is 0 Å². The molecule has 1 amide bonds. The van der Waals surface area contributed by atoms with Crippen LogP contribution < -0.4 is 34.9 Å². The summed E-state index contributed by atoms with van der Waals surface area (Å²) >= 11 is 1.39. The van der Waals surface area contributed by atoms with Gasteiger partial charge in [0.1, 0.15) is 0 Å². The van der Waals surface area contributed by atoms with Gasteiger partial charge in [0.05, 0.1) is 11.6 Å². The topological polar surface area (TPSA) is 42.0 Å². The first-order valence-electron chi connectivity index (χ1n) is 4.39. The van der Waals surface area contributed by atoms with E-state index >= 15 is 0 Å². The SMILES string of the molecule is [CH2-]C(=O)Nc1nc(-c2ccccc2)cs1.[Na+]. The van der Waals surface area contributed by atoms with Gasteiger partial charge in [0.15, 0.2) is 5.13 Å². The van der Waals surface area contributed by atoms with Gasteiger partial charge in [0.25, 0.3) is 0 Å². The summed E-state index contributed by atoms with van der Waals surface area (Å²) in [5.74, 6) is -0.344. The van der Waals surface area contributed by atoms with Gasteiger partial charge in [-0.05, 0) is 0 Å². The minimum absolute atomic E-state index is 0. The van der Waals surface area contributed by atoms with Gasteiger partial charge in [0, 0.05) is 10.9 Å². The van der Waals surface area contributed by atoms with Crippen molar-refractivity contribution in [2.24, 2.45) is 0 Å². The largest absolute Gasteiger partial charge is 1.00 e. The van der Waals surface area contributed by atoms with Gasteiger partial charge < -0.3 is 17.0 Å². The number of aromatic nitrogens is 1. The predicted octanol–water partition coefficient (Wildman–Crippen LogP) is -0.413. The van der Waals surface area contributed by atoms with Gasteiger partial charge in [-0.25, -0.2) is 4.98 Å². The predicted molar refractivity (Wildman–Crippen MR) is 61.5 cm³/mol. The van der Waals surface area contributed by atoms with Crippen molar-refractivity contribution in [3.05, 3.63) is 42.6 Å². The molecular weight excluding hydrogens is 231 g/mol. The molecule has 3 nitrogen and oxygen atoms in total. The second kappa shape index (κ2) is 6.06. The zero-order valence-electron chi connectivity index (χ0n) is 8.93. The zero-order valence-corrected chi connectivity index (χ0v) is 11.8. The molecular formula is C11H9N2NaOS. The van der Waals surface area contributed by atoms with Crippen molar-refractivity contribution in [3.8, 4) is 11.3 Å². The quantitative estimate of drug-likeness (QED) is 0.572. The summed E-state index contributed by atoms with van der Waals surface area (Å²) in [5.41, 5.74) is 1.91. The summed E-state index contributed by atoms with van der Waals surface area (Å²) in [7, 11) is 0. The second-order valence-electron chi connectivity index (χ2n) is 2.95. The van der Waals surface area contributed by atoms with E-state index in [-0.39, 0.29) is 35.5 Å². The summed E-state index contributed by atoms with van der Waals surface area (Å²) in [4.78, 5) is 15.0. The van der Waals surface area contributed by atoms with Crippen LogP contribution in [0.4, 0.5) is 5.13 Å². The van der Waals surface area contributed by atoms with Gasteiger partial charge >= 0.3 is 29.6 Å². The molecule has 0 saturated heterocycles. The van der Waals surface area contributed by atoms with E-state index in [0.29, 0.717) is 5.13 Å². The Bertz CT molecular complexity index is 470. The van der Waals surface area contributed by atoms with Crippen molar-refractivity contribution in [1.29, 1.82) is 0 Å². The maximum Gasteiger partial charge on any atom is 1.00 e. The summed E-state index contributed by atoms with van der Waals surface area (Å²) < 4.78 is 0. The molecule has 1 aromatic heterocycles. The molecule has 0 atom stereocenters. The number of hydrogen-bond donors (Lipinski definition) is 1. The third-order valence-corrected chi connectivity index (χ3v) is 2.58. The van der Waals surface area contributed by atoms with E-state index in [1.165, 1.54) is 11.3 Å². The van der Waals surface area contributed by atoms with Crippen molar-refractivity contribution in [2.75, 3.05) is 5.32 Å². The van der Waals surface area contributed by atoms with Crippen molar-refractivity contribution in [3.63, 3.8) is 0 Å². The van der Waals surface area contributed by atoms with Crippen LogP contribution in [0.3, 0.4) is 0 Å². The number of rotatable bonds is 2. The summed E-state index contributed by atoms with van der Waals surface area (Å²) in [6.07, 6.45) is 0. The zero-order chi connectivity index (χ0) is 10.7. The average Bonchev–Trinajstić information content (AvgIpc) is 2.67. The molecule has 1 heterocycles. The molecule has 0 aliphatic rings. The number of nitrogens with one attached hydrogen (secondary N) is 1. The minimum Gasteiger partial charge on any atom is -0.327 e. The Morgan fingerprint density at radius 3 is 2.62 bits per heavy atom. The Labute approximate surface area is 120 Å². The number of benzene rings is 1. The number of thiazole rings is 1. The molecule has 16 heavy (non-hydrogen) atoms. The number of carbonyl (C=O) groups excluding carboxylic acids is 1. The molecule has 0 spiro atoms. The molecule has 76 valence electrons. The van der Waals surface area contributed by atoms with Gasteiger partial charge in [-0.3, -0.25) is 0 Å². The Kier molecular flexibility index (Phi) is 5.02.